The summed E-state index contributed by atoms with van der Waals surface area (Å²) in [5.41, 5.74) is 5.75. The van der Waals surface area contributed by atoms with Gasteiger partial charge in [-0.3, -0.25) is 0 Å². The van der Waals surface area contributed by atoms with Crippen LogP contribution in [0.5, 0.6) is 0 Å². The van der Waals surface area contributed by atoms with Gasteiger partial charge in [0.05, 0.1) is 0 Å². The van der Waals surface area contributed by atoms with Crippen molar-refractivity contribution in [3.63, 3.8) is 0 Å². The van der Waals surface area contributed by atoms with Gasteiger partial charge in [0.15, 0.2) is 0 Å². The normalized spacial score (nSPS) is 13.7. The first-order valence-corrected chi connectivity index (χ1v) is 8.04. The summed E-state index contributed by atoms with van der Waals surface area (Å²) in [7, 11) is 0. The highest BCUT2D eigenvalue weighted by molar-refractivity contribution is 5.39. The number of nitrogens with one attached hydrogen (secondary N) is 2. The standard InChI is InChI=1S/C15H30N6/c1-5-7-11(3)9-17-14-19-13(16)20-15(21-14)18-10-12(4)8-6-2/h11-12H,5-10H2,1-4H3,(H4,16,17,18,19,20,21). The molecule has 1 heterocycles. The molecule has 0 aliphatic carbocycles. The van der Waals surface area contributed by atoms with E-state index >= 15 is 0 Å². The number of hydrogen-bond acceptors (Lipinski definition) is 6. The number of rotatable bonds is 10. The zero-order valence-electron chi connectivity index (χ0n) is 13.8. The molecule has 1 aromatic rings. The average molecular weight is 294 g/mol. The molecular formula is C15H30N6. The first kappa shape index (κ1) is 17.5. The third kappa shape index (κ3) is 7.11. The lowest BCUT2D eigenvalue weighted by Crippen LogP contribution is -2.17. The maximum atomic E-state index is 5.75. The van der Waals surface area contributed by atoms with E-state index in [0.717, 1.165) is 13.1 Å². The number of nitrogen functional groups attached to an aromatic ring is 1. The summed E-state index contributed by atoms with van der Waals surface area (Å²) in [6.07, 6.45) is 4.75. The lowest BCUT2D eigenvalue weighted by Gasteiger charge is -2.14. The van der Waals surface area contributed by atoms with Gasteiger partial charge in [0.1, 0.15) is 0 Å². The van der Waals surface area contributed by atoms with Crippen molar-refractivity contribution in [3.05, 3.63) is 0 Å². The van der Waals surface area contributed by atoms with E-state index in [0.29, 0.717) is 23.7 Å². The van der Waals surface area contributed by atoms with Crippen molar-refractivity contribution < 1.29 is 0 Å². The third-order valence-electron chi connectivity index (χ3n) is 3.43. The Hall–Kier alpha value is -1.59. The molecule has 6 nitrogen and oxygen atoms in total. The Kier molecular flexibility index (Phi) is 7.79. The molecule has 1 aromatic heterocycles. The second kappa shape index (κ2) is 9.37. The highest BCUT2D eigenvalue weighted by atomic mass is 15.2. The molecule has 120 valence electrons. The molecule has 0 saturated carbocycles. The monoisotopic (exact) mass is 294 g/mol. The number of anilines is 3. The van der Waals surface area contributed by atoms with Crippen molar-refractivity contribution in [2.75, 3.05) is 29.5 Å². The van der Waals surface area contributed by atoms with E-state index in [1.807, 2.05) is 0 Å². The minimum Gasteiger partial charge on any atom is -0.368 e. The summed E-state index contributed by atoms with van der Waals surface area (Å²) in [6.45, 7) is 10.5. The van der Waals surface area contributed by atoms with Gasteiger partial charge in [0, 0.05) is 13.1 Å². The lowest BCUT2D eigenvalue weighted by atomic mass is 10.1. The molecule has 0 bridgehead atoms. The van der Waals surface area contributed by atoms with Crippen LogP contribution in [0.25, 0.3) is 0 Å². The van der Waals surface area contributed by atoms with Crippen molar-refractivity contribution >= 4 is 17.8 Å². The maximum Gasteiger partial charge on any atom is 0.229 e. The fourth-order valence-corrected chi connectivity index (χ4v) is 2.27. The minimum atomic E-state index is 0.251. The largest absolute Gasteiger partial charge is 0.368 e. The van der Waals surface area contributed by atoms with Crippen molar-refractivity contribution in [1.29, 1.82) is 0 Å². The van der Waals surface area contributed by atoms with Crippen LogP contribution >= 0.6 is 0 Å². The predicted octanol–water partition coefficient (Wildman–Crippen LogP) is 3.15. The Morgan fingerprint density at radius 1 is 0.857 bits per heavy atom. The van der Waals surface area contributed by atoms with Gasteiger partial charge in [0.2, 0.25) is 17.8 Å². The van der Waals surface area contributed by atoms with Crippen molar-refractivity contribution in [3.8, 4) is 0 Å². The Morgan fingerprint density at radius 3 is 1.67 bits per heavy atom. The predicted molar refractivity (Wildman–Crippen MR) is 89.4 cm³/mol. The second-order valence-electron chi connectivity index (χ2n) is 5.89. The van der Waals surface area contributed by atoms with Gasteiger partial charge >= 0.3 is 0 Å². The summed E-state index contributed by atoms with van der Waals surface area (Å²) in [5.74, 6) is 2.54. The Morgan fingerprint density at radius 2 is 1.29 bits per heavy atom. The number of nitrogens with zero attached hydrogens (tertiary/aromatic N) is 3. The molecule has 2 atom stereocenters. The first-order valence-electron chi connectivity index (χ1n) is 8.04. The van der Waals surface area contributed by atoms with Crippen LogP contribution in [-0.4, -0.2) is 28.0 Å². The van der Waals surface area contributed by atoms with Crippen LogP contribution in [0.15, 0.2) is 0 Å². The van der Waals surface area contributed by atoms with E-state index in [-0.39, 0.29) is 5.95 Å². The van der Waals surface area contributed by atoms with Crippen LogP contribution in [0.2, 0.25) is 0 Å². The van der Waals surface area contributed by atoms with Crippen LogP contribution in [-0.2, 0) is 0 Å². The van der Waals surface area contributed by atoms with E-state index in [1.54, 1.807) is 0 Å². The molecule has 2 unspecified atom stereocenters. The molecule has 0 spiro atoms. The summed E-state index contributed by atoms with van der Waals surface area (Å²) < 4.78 is 0. The molecule has 6 heteroatoms. The zero-order chi connectivity index (χ0) is 15.7. The first-order chi connectivity index (χ1) is 10.0. The second-order valence-corrected chi connectivity index (χ2v) is 5.89. The summed E-state index contributed by atoms with van der Waals surface area (Å²) in [4.78, 5) is 12.6. The van der Waals surface area contributed by atoms with Crippen molar-refractivity contribution in [1.82, 2.24) is 15.0 Å². The zero-order valence-corrected chi connectivity index (χ0v) is 13.8. The van der Waals surface area contributed by atoms with Crippen molar-refractivity contribution in [2.45, 2.75) is 53.4 Å². The van der Waals surface area contributed by atoms with Crippen LogP contribution in [0.1, 0.15) is 53.4 Å². The lowest BCUT2D eigenvalue weighted by molar-refractivity contribution is 0.547. The van der Waals surface area contributed by atoms with E-state index in [9.17, 15) is 0 Å². The quantitative estimate of drug-likeness (QED) is 0.614. The molecule has 0 amide bonds. The Bertz CT molecular complexity index is 375. The molecule has 4 N–H and O–H groups in total. The summed E-state index contributed by atoms with van der Waals surface area (Å²) in [6, 6.07) is 0. The van der Waals surface area contributed by atoms with Gasteiger partial charge in [-0.2, -0.15) is 15.0 Å². The van der Waals surface area contributed by atoms with Gasteiger partial charge in [-0.25, -0.2) is 0 Å². The fraction of sp³-hybridized carbons (Fsp3) is 0.800. The molecular weight excluding hydrogens is 264 g/mol. The van der Waals surface area contributed by atoms with E-state index < -0.39 is 0 Å². The fourth-order valence-electron chi connectivity index (χ4n) is 2.27. The van der Waals surface area contributed by atoms with Crippen LogP contribution in [0.4, 0.5) is 17.8 Å². The summed E-state index contributed by atoms with van der Waals surface area (Å²) >= 11 is 0. The topological polar surface area (TPSA) is 88.8 Å². The van der Waals surface area contributed by atoms with Crippen LogP contribution in [0.3, 0.4) is 0 Å². The smallest absolute Gasteiger partial charge is 0.229 e. The van der Waals surface area contributed by atoms with Gasteiger partial charge in [-0.1, -0.05) is 40.5 Å². The molecule has 0 radical (unpaired) electrons. The van der Waals surface area contributed by atoms with Gasteiger partial charge < -0.3 is 16.4 Å². The van der Waals surface area contributed by atoms with Gasteiger partial charge in [0.25, 0.3) is 0 Å². The third-order valence-corrected chi connectivity index (χ3v) is 3.43. The van der Waals surface area contributed by atoms with Gasteiger partial charge in [-0.15, -0.1) is 0 Å². The SMILES string of the molecule is CCCC(C)CNc1nc(N)nc(NCC(C)CCC)n1. The maximum absolute atomic E-state index is 5.75. The molecule has 0 aliphatic rings. The minimum absolute atomic E-state index is 0.251. The van der Waals surface area contributed by atoms with Crippen molar-refractivity contribution in [2.24, 2.45) is 11.8 Å². The summed E-state index contributed by atoms with van der Waals surface area (Å²) in [5, 5.41) is 6.48. The highest BCUT2D eigenvalue weighted by Crippen LogP contribution is 2.11. The number of aromatic nitrogens is 3. The van der Waals surface area contributed by atoms with E-state index in [1.165, 1.54) is 25.7 Å². The van der Waals surface area contributed by atoms with Crippen LogP contribution in [0, 0.1) is 11.8 Å². The molecule has 0 aromatic carbocycles. The molecule has 0 fully saturated rings. The number of hydrogen-bond donors (Lipinski definition) is 3. The molecule has 1 rings (SSSR count). The Labute approximate surface area is 128 Å². The molecule has 0 saturated heterocycles. The molecule has 21 heavy (non-hydrogen) atoms. The highest BCUT2D eigenvalue weighted by Gasteiger charge is 2.07. The van der Waals surface area contributed by atoms with Gasteiger partial charge in [-0.05, 0) is 24.7 Å². The van der Waals surface area contributed by atoms with E-state index in [2.05, 4.69) is 53.3 Å². The number of nitrogens with two attached hydrogens (primary N) is 1. The Balaban J connectivity index is 2.54. The molecule has 0 aliphatic heterocycles. The van der Waals surface area contributed by atoms with Crippen LogP contribution < -0.4 is 16.4 Å². The van der Waals surface area contributed by atoms with E-state index in [4.69, 9.17) is 5.73 Å². The average Bonchev–Trinajstić information content (AvgIpc) is 2.43.